The maximum absolute atomic E-state index is 14.0. The van der Waals surface area contributed by atoms with E-state index in [2.05, 4.69) is 82.3 Å². The molecule has 0 saturated carbocycles. The first-order chi connectivity index (χ1) is 25.9. The smallest absolute Gasteiger partial charge is 0.455 e. The Morgan fingerprint density at radius 3 is 2.17 bits per heavy atom. The number of carbonyl (C=O) groups is 2. The Bertz CT molecular complexity index is 2040. The van der Waals surface area contributed by atoms with E-state index in [0.29, 0.717) is 38.8 Å². The monoisotopic (exact) mass is 741 g/mol. The predicted octanol–water partition coefficient (Wildman–Crippen LogP) is 7.51. The summed E-state index contributed by atoms with van der Waals surface area (Å²) >= 11 is 0. The number of hydrogen-bond donors (Lipinski definition) is 2. The van der Waals surface area contributed by atoms with Gasteiger partial charge in [0.05, 0.1) is 24.5 Å². The summed E-state index contributed by atoms with van der Waals surface area (Å²) in [4.78, 5) is 29.5. The van der Waals surface area contributed by atoms with Crippen LogP contribution in [-0.2, 0) is 18.7 Å². The van der Waals surface area contributed by atoms with Gasteiger partial charge in [0.25, 0.3) is 8.32 Å². The molecule has 0 aromatic heterocycles. The fourth-order valence-corrected chi connectivity index (χ4v) is 14.0. The Balaban J connectivity index is 1.28. The van der Waals surface area contributed by atoms with Gasteiger partial charge in [0.2, 0.25) is 11.8 Å². The Morgan fingerprint density at radius 2 is 1.54 bits per heavy atom. The van der Waals surface area contributed by atoms with E-state index >= 15 is 0 Å². The van der Waals surface area contributed by atoms with Crippen LogP contribution in [0.2, 0.25) is 11.4 Å². The number of imide groups is 1. The zero-order valence-electron chi connectivity index (χ0n) is 32.1. The molecule has 2 fully saturated rings. The number of allylic oxidation sites excluding steroid dienone is 1. The number of rotatable bonds is 11. The number of hydrogen-bond acceptors (Lipinski definition) is 6. The molecule has 4 atom stereocenters. The van der Waals surface area contributed by atoms with Gasteiger partial charge in [-0.1, -0.05) is 130 Å². The maximum Gasteiger partial charge on any atom is 0.455 e. The van der Waals surface area contributed by atoms with Gasteiger partial charge >= 0.3 is 7.12 Å². The van der Waals surface area contributed by atoms with Crippen LogP contribution < -0.4 is 10.4 Å². The van der Waals surface area contributed by atoms with Crippen molar-refractivity contribution in [2.45, 2.75) is 77.8 Å². The van der Waals surface area contributed by atoms with Gasteiger partial charge in [-0.15, -0.1) is 0 Å². The molecular formula is C45H52BNO6Si. The summed E-state index contributed by atoms with van der Waals surface area (Å²) in [5, 5.41) is 25.6. The summed E-state index contributed by atoms with van der Waals surface area (Å²) in [5.41, 5.74) is 4.21. The number of benzene rings is 4. The Kier molecular flexibility index (Phi) is 10.9. The maximum atomic E-state index is 14.0. The van der Waals surface area contributed by atoms with E-state index in [9.17, 15) is 19.7 Å². The molecule has 4 aromatic rings. The molecule has 7 nitrogen and oxygen atoms in total. The summed E-state index contributed by atoms with van der Waals surface area (Å²) in [5.74, 6) is -1.29. The molecule has 0 spiro atoms. The van der Waals surface area contributed by atoms with Crippen LogP contribution in [0.15, 0.2) is 114 Å². The molecule has 1 aliphatic carbocycles. The third-order valence-electron chi connectivity index (χ3n) is 11.9. The van der Waals surface area contributed by atoms with Gasteiger partial charge < -0.3 is 19.2 Å². The fourth-order valence-electron chi connectivity index (χ4n) is 9.49. The van der Waals surface area contributed by atoms with Crippen LogP contribution in [0.4, 0.5) is 0 Å². The van der Waals surface area contributed by atoms with Crippen molar-refractivity contribution >= 4 is 54.5 Å². The average Bonchev–Trinajstić information content (AvgIpc) is 3.40. The second kappa shape index (κ2) is 15.5. The van der Waals surface area contributed by atoms with Gasteiger partial charge in [0.15, 0.2) is 0 Å². The molecule has 9 heteroatoms. The van der Waals surface area contributed by atoms with Gasteiger partial charge in [0.1, 0.15) is 5.75 Å². The highest BCUT2D eigenvalue weighted by Gasteiger charge is 2.58. The number of likely N-dealkylation sites (tertiary alicyclic amines) is 1. The largest absolute Gasteiger partial charge is 0.507 e. The van der Waals surface area contributed by atoms with Crippen molar-refractivity contribution in [1.29, 1.82) is 0 Å². The quantitative estimate of drug-likeness (QED) is 0.0939. The highest BCUT2D eigenvalue weighted by molar-refractivity contribution is 6.99. The molecule has 2 N–H and O–H groups in total. The lowest BCUT2D eigenvalue weighted by molar-refractivity contribution is -0.140. The lowest BCUT2D eigenvalue weighted by atomic mass is 9.58. The topological polar surface area (TPSA) is 96.3 Å². The van der Waals surface area contributed by atoms with Crippen molar-refractivity contribution in [3.63, 3.8) is 0 Å². The zero-order chi connectivity index (χ0) is 38.2. The summed E-state index contributed by atoms with van der Waals surface area (Å²) < 4.78 is 13.9. The minimum absolute atomic E-state index is 0.105. The van der Waals surface area contributed by atoms with Crippen LogP contribution in [0.5, 0.6) is 5.75 Å². The fraction of sp³-hybridized carbons (Fsp3) is 0.378. The van der Waals surface area contributed by atoms with E-state index in [4.69, 9.17) is 9.08 Å². The second-order valence-corrected chi connectivity index (χ2v) is 20.7. The molecule has 2 aliphatic heterocycles. The van der Waals surface area contributed by atoms with Gasteiger partial charge in [-0.25, -0.2) is 0 Å². The van der Waals surface area contributed by atoms with E-state index in [1.165, 1.54) is 15.3 Å². The summed E-state index contributed by atoms with van der Waals surface area (Å²) in [7, 11) is -3.98. The molecule has 0 unspecified atom stereocenters. The van der Waals surface area contributed by atoms with Crippen molar-refractivity contribution in [2.75, 3.05) is 13.2 Å². The van der Waals surface area contributed by atoms with Crippen LogP contribution in [0.1, 0.15) is 65.9 Å². The van der Waals surface area contributed by atoms with Crippen molar-refractivity contribution < 1.29 is 28.8 Å². The Labute approximate surface area is 321 Å². The molecule has 0 radical (unpaired) electrons. The first-order valence-electron chi connectivity index (χ1n) is 19.5. The molecule has 54 heavy (non-hydrogen) atoms. The number of nitrogens with zero attached hydrogens (tertiary/aromatic N) is 1. The lowest BCUT2D eigenvalue weighted by Crippen LogP contribution is -2.66. The summed E-state index contributed by atoms with van der Waals surface area (Å²) in [6, 6.07) is 32.6. The molecule has 3 aliphatic rings. The number of phenols is 1. The van der Waals surface area contributed by atoms with E-state index in [1.807, 2.05) is 49.4 Å². The van der Waals surface area contributed by atoms with E-state index in [0.717, 1.165) is 33.1 Å². The third kappa shape index (κ3) is 6.92. The molecule has 2 saturated heterocycles. The van der Waals surface area contributed by atoms with Crippen LogP contribution in [0.3, 0.4) is 0 Å². The van der Waals surface area contributed by atoms with Gasteiger partial charge in [-0.2, -0.15) is 0 Å². The molecule has 0 bridgehead atoms. The van der Waals surface area contributed by atoms with Crippen LogP contribution >= 0.6 is 0 Å². The number of amides is 2. The Morgan fingerprint density at radius 1 is 0.907 bits per heavy atom. The van der Waals surface area contributed by atoms with Crippen molar-refractivity contribution in [3.05, 3.63) is 119 Å². The van der Waals surface area contributed by atoms with E-state index < -0.39 is 33.4 Å². The first kappa shape index (κ1) is 38.0. The Hall–Kier alpha value is -4.28. The minimum atomic E-state index is -2.94. The minimum Gasteiger partial charge on any atom is -0.507 e. The van der Waals surface area contributed by atoms with Crippen LogP contribution in [0.25, 0.3) is 16.8 Å². The van der Waals surface area contributed by atoms with Crippen molar-refractivity contribution in [2.24, 2.45) is 17.8 Å². The zero-order valence-corrected chi connectivity index (χ0v) is 33.1. The lowest BCUT2D eigenvalue weighted by Gasteiger charge is -2.46. The number of carbonyl (C=O) groups excluding carboxylic acids is 2. The number of phenolic OH excluding ortho intramolecular Hbond substituents is 1. The highest BCUT2D eigenvalue weighted by atomic mass is 28.4. The van der Waals surface area contributed by atoms with Crippen molar-refractivity contribution in [3.8, 4) is 5.75 Å². The van der Waals surface area contributed by atoms with E-state index in [1.54, 1.807) is 6.07 Å². The number of aromatic hydroxyl groups is 1. The first-order valence-corrected chi connectivity index (χ1v) is 21.4. The molecule has 4 aromatic carbocycles. The molecule has 280 valence electrons. The molecular weight excluding hydrogens is 689 g/mol. The molecule has 2 heterocycles. The van der Waals surface area contributed by atoms with Crippen molar-refractivity contribution in [1.82, 2.24) is 4.90 Å². The SMILES string of the molecule is CCCN1C(=O)[C@@H]2[C@@H](CC(CO[Si](c3ccccc3)(c3ccccc3)C(C)(C)C)=C3[C@@H](CC/C(C)=C/c4ccc(O)c5ccccc45)OB(O)C[C@@H]32)C1=O. The average molecular weight is 742 g/mol. The predicted molar refractivity (Wildman–Crippen MR) is 219 cm³/mol. The van der Waals surface area contributed by atoms with Gasteiger partial charge in [-0.05, 0) is 88.4 Å². The van der Waals surface area contributed by atoms with Gasteiger partial charge in [-0.3, -0.25) is 14.5 Å². The summed E-state index contributed by atoms with van der Waals surface area (Å²) in [6.45, 7) is 11.6. The van der Waals surface area contributed by atoms with Crippen LogP contribution in [0, 0.1) is 17.8 Å². The molecule has 2 amide bonds. The second-order valence-electron chi connectivity index (χ2n) is 16.3. The summed E-state index contributed by atoms with van der Waals surface area (Å²) in [6.07, 6.45) is 4.39. The highest BCUT2D eigenvalue weighted by Crippen LogP contribution is 2.51. The van der Waals surface area contributed by atoms with Gasteiger partial charge in [0, 0.05) is 11.9 Å². The van der Waals surface area contributed by atoms with Crippen LogP contribution in [-0.4, -0.2) is 61.5 Å². The number of fused-ring (bicyclic) bond motifs is 4. The van der Waals surface area contributed by atoms with E-state index in [-0.39, 0.29) is 34.8 Å². The normalized spacial score (nSPS) is 22.2. The third-order valence-corrected chi connectivity index (χ3v) is 16.8. The molecule has 7 rings (SSSR count). The standard InChI is InChI=1S/C45H52BNO6Si/c1-6-25-47-43(49)37-27-32(29-52-54(45(3,4)5,33-15-9-7-10-16-33)34-17-11-8-12-18-34)41-38(42(37)44(47)50)28-46(51)53-40(41)24-21-30(2)26-31-22-23-39(48)36-20-14-13-19-35(31)36/h7-20,22-23,26,37-38,40,42,48,51H,6,21,24-25,27-29H2,1-5H3/b30-26+/t37-,38+,40-,42-/m1/s1.